The molecule has 0 fully saturated rings. The number of primary amides is 1. The molecule has 0 spiro atoms. The van der Waals surface area contributed by atoms with Crippen LogP contribution in [0, 0.1) is 0 Å². The number of aromatic nitrogens is 2. The van der Waals surface area contributed by atoms with E-state index in [9.17, 15) is 4.79 Å². The van der Waals surface area contributed by atoms with Gasteiger partial charge in [-0.15, -0.1) is 0 Å². The number of hydrogen-bond acceptors (Lipinski definition) is 4. The van der Waals surface area contributed by atoms with Crippen LogP contribution in [0.3, 0.4) is 0 Å². The van der Waals surface area contributed by atoms with Gasteiger partial charge in [-0.25, -0.2) is 9.97 Å². The number of benzene rings is 1. The van der Waals surface area contributed by atoms with Gasteiger partial charge in [-0.05, 0) is 23.5 Å². The Hall–Kier alpha value is -2.27. The molecule has 2 N–H and O–H groups in total. The highest BCUT2D eigenvalue weighted by Crippen LogP contribution is 2.21. The van der Waals surface area contributed by atoms with E-state index < -0.39 is 5.91 Å². The number of rotatable bonds is 4. The largest absolute Gasteiger partial charge is 0.363 e. The maximum atomic E-state index is 11.2. The Balaban J connectivity index is 1.71. The molecule has 1 unspecified atom stereocenters. The van der Waals surface area contributed by atoms with Crippen LogP contribution in [0.15, 0.2) is 36.5 Å². The fourth-order valence-electron chi connectivity index (χ4n) is 2.91. The van der Waals surface area contributed by atoms with Crippen molar-refractivity contribution in [3.05, 3.63) is 59.2 Å². The molecular formula is C17H20N4O. The summed E-state index contributed by atoms with van der Waals surface area (Å²) in [5, 5.41) is 0. The number of nitrogens with zero attached hydrogens (tertiary/aromatic N) is 3. The summed E-state index contributed by atoms with van der Waals surface area (Å²) in [5.41, 5.74) is 8.65. The average Bonchev–Trinajstić information content (AvgIpc) is 2.55. The van der Waals surface area contributed by atoms with Crippen LogP contribution >= 0.6 is 0 Å². The molecule has 114 valence electrons. The van der Waals surface area contributed by atoms with E-state index >= 15 is 0 Å². The lowest BCUT2D eigenvalue weighted by Gasteiger charge is -2.30. The fraction of sp³-hybridized carbons (Fsp3) is 0.353. The lowest BCUT2D eigenvalue weighted by atomic mass is 9.99. The second-order valence-electron chi connectivity index (χ2n) is 5.83. The summed E-state index contributed by atoms with van der Waals surface area (Å²) in [6, 6.07) is 10.5. The SMILES string of the molecule is CC(CN1CCc2cnc(C(N)=O)nc2C1)c1ccccc1. The van der Waals surface area contributed by atoms with Crippen molar-refractivity contribution in [2.24, 2.45) is 5.73 Å². The second kappa shape index (κ2) is 6.23. The number of fused-ring (bicyclic) bond motifs is 1. The summed E-state index contributed by atoms with van der Waals surface area (Å²) < 4.78 is 0. The number of carbonyl (C=O) groups excluding carboxylic acids is 1. The molecule has 22 heavy (non-hydrogen) atoms. The van der Waals surface area contributed by atoms with E-state index in [1.165, 1.54) is 5.56 Å². The molecule has 3 rings (SSSR count). The van der Waals surface area contributed by atoms with Gasteiger partial charge in [0.2, 0.25) is 5.82 Å². The predicted octanol–water partition coefficient (Wildman–Crippen LogP) is 1.74. The van der Waals surface area contributed by atoms with Crippen LogP contribution in [0.1, 0.15) is 40.3 Å². The van der Waals surface area contributed by atoms with Crippen LogP contribution in [0.5, 0.6) is 0 Å². The van der Waals surface area contributed by atoms with Gasteiger partial charge in [0.25, 0.3) is 5.91 Å². The summed E-state index contributed by atoms with van der Waals surface area (Å²) in [7, 11) is 0. The van der Waals surface area contributed by atoms with Crippen LogP contribution in [0.2, 0.25) is 0 Å². The summed E-state index contributed by atoms with van der Waals surface area (Å²) in [5.74, 6) is -0.00511. The first-order valence-corrected chi connectivity index (χ1v) is 7.55. The Bertz CT molecular complexity index is 672. The molecule has 1 aliphatic heterocycles. The molecular weight excluding hydrogens is 276 g/mol. The van der Waals surface area contributed by atoms with Crippen molar-refractivity contribution < 1.29 is 4.79 Å². The molecule has 1 aromatic heterocycles. The second-order valence-corrected chi connectivity index (χ2v) is 5.83. The Morgan fingerprint density at radius 1 is 1.36 bits per heavy atom. The van der Waals surface area contributed by atoms with Crippen molar-refractivity contribution >= 4 is 5.91 Å². The predicted molar refractivity (Wildman–Crippen MR) is 84.4 cm³/mol. The van der Waals surface area contributed by atoms with Gasteiger partial charge in [0.1, 0.15) is 0 Å². The van der Waals surface area contributed by atoms with E-state index in [2.05, 4.69) is 46.1 Å². The highest BCUT2D eigenvalue weighted by Gasteiger charge is 2.21. The first-order valence-electron chi connectivity index (χ1n) is 7.55. The van der Waals surface area contributed by atoms with Gasteiger partial charge in [-0.2, -0.15) is 0 Å². The summed E-state index contributed by atoms with van der Waals surface area (Å²) in [6.07, 6.45) is 2.65. The Morgan fingerprint density at radius 3 is 2.86 bits per heavy atom. The molecule has 5 nitrogen and oxygen atoms in total. The Labute approximate surface area is 130 Å². The Morgan fingerprint density at radius 2 is 2.14 bits per heavy atom. The smallest absolute Gasteiger partial charge is 0.286 e. The zero-order valence-corrected chi connectivity index (χ0v) is 12.7. The van der Waals surface area contributed by atoms with Crippen molar-refractivity contribution in [1.29, 1.82) is 0 Å². The molecule has 1 atom stereocenters. The van der Waals surface area contributed by atoms with Crippen LogP contribution < -0.4 is 5.73 Å². The highest BCUT2D eigenvalue weighted by molar-refractivity contribution is 5.88. The third kappa shape index (κ3) is 3.14. The molecule has 1 amide bonds. The van der Waals surface area contributed by atoms with Gasteiger partial charge in [0, 0.05) is 25.8 Å². The molecule has 0 saturated carbocycles. The number of carbonyl (C=O) groups is 1. The highest BCUT2D eigenvalue weighted by atomic mass is 16.1. The standard InChI is InChI=1S/C17H20N4O/c1-12(13-5-3-2-4-6-13)10-21-8-7-14-9-19-17(16(18)22)20-15(14)11-21/h2-6,9,12H,7-8,10-11H2,1H3,(H2,18,22). The average molecular weight is 296 g/mol. The monoisotopic (exact) mass is 296 g/mol. The van der Waals surface area contributed by atoms with Crippen molar-refractivity contribution in [1.82, 2.24) is 14.9 Å². The maximum absolute atomic E-state index is 11.2. The number of amides is 1. The maximum Gasteiger partial charge on any atom is 0.286 e. The minimum absolute atomic E-state index is 0.108. The van der Waals surface area contributed by atoms with Gasteiger partial charge < -0.3 is 5.73 Å². The van der Waals surface area contributed by atoms with Crippen LogP contribution in [0.25, 0.3) is 0 Å². The molecule has 5 heteroatoms. The Kier molecular flexibility index (Phi) is 4.15. The summed E-state index contributed by atoms with van der Waals surface area (Å²) >= 11 is 0. The van der Waals surface area contributed by atoms with Crippen molar-refractivity contribution in [2.45, 2.75) is 25.8 Å². The van der Waals surface area contributed by atoms with Crippen molar-refractivity contribution in [3.63, 3.8) is 0 Å². The molecule has 0 radical (unpaired) electrons. The van der Waals surface area contributed by atoms with E-state index in [0.29, 0.717) is 5.92 Å². The van der Waals surface area contributed by atoms with Crippen LogP contribution in [0.4, 0.5) is 0 Å². The van der Waals surface area contributed by atoms with Crippen LogP contribution in [-0.2, 0) is 13.0 Å². The van der Waals surface area contributed by atoms with Crippen LogP contribution in [-0.4, -0.2) is 33.9 Å². The molecule has 1 aromatic carbocycles. The minimum atomic E-state index is -0.572. The van der Waals surface area contributed by atoms with E-state index in [0.717, 1.165) is 37.3 Å². The van der Waals surface area contributed by atoms with E-state index in [-0.39, 0.29) is 5.82 Å². The number of nitrogens with two attached hydrogens (primary N) is 1. The lowest BCUT2D eigenvalue weighted by Crippen LogP contribution is -2.34. The third-order valence-corrected chi connectivity index (χ3v) is 4.15. The topological polar surface area (TPSA) is 72.1 Å². The molecule has 0 aliphatic carbocycles. The third-order valence-electron chi connectivity index (χ3n) is 4.15. The summed E-state index contributed by atoms with van der Waals surface area (Å²) in [6.45, 7) is 4.94. The van der Waals surface area contributed by atoms with E-state index in [4.69, 9.17) is 5.73 Å². The van der Waals surface area contributed by atoms with Crippen molar-refractivity contribution in [3.8, 4) is 0 Å². The van der Waals surface area contributed by atoms with Gasteiger partial charge in [0.15, 0.2) is 0 Å². The first kappa shape index (κ1) is 14.7. The fourth-order valence-corrected chi connectivity index (χ4v) is 2.91. The van der Waals surface area contributed by atoms with E-state index in [1.807, 2.05) is 6.07 Å². The first-order chi connectivity index (χ1) is 10.6. The molecule has 2 heterocycles. The zero-order valence-electron chi connectivity index (χ0n) is 12.7. The number of hydrogen-bond donors (Lipinski definition) is 1. The normalized spacial score (nSPS) is 16.0. The van der Waals surface area contributed by atoms with Gasteiger partial charge in [0.05, 0.1) is 5.69 Å². The van der Waals surface area contributed by atoms with Gasteiger partial charge in [-0.3, -0.25) is 9.69 Å². The quantitative estimate of drug-likeness (QED) is 0.932. The van der Waals surface area contributed by atoms with E-state index in [1.54, 1.807) is 6.20 Å². The molecule has 2 aromatic rings. The van der Waals surface area contributed by atoms with Gasteiger partial charge >= 0.3 is 0 Å². The van der Waals surface area contributed by atoms with Crippen molar-refractivity contribution in [2.75, 3.05) is 13.1 Å². The summed E-state index contributed by atoms with van der Waals surface area (Å²) in [4.78, 5) is 21.9. The molecule has 0 bridgehead atoms. The zero-order chi connectivity index (χ0) is 15.5. The lowest BCUT2D eigenvalue weighted by molar-refractivity contribution is 0.0989. The minimum Gasteiger partial charge on any atom is -0.363 e. The molecule has 1 aliphatic rings. The van der Waals surface area contributed by atoms with Gasteiger partial charge in [-0.1, -0.05) is 37.3 Å². The molecule has 0 saturated heterocycles.